The molecule has 1 N–H and O–H groups in total. The van der Waals surface area contributed by atoms with Crippen LogP contribution in [0.1, 0.15) is 5.56 Å². The molecule has 0 aliphatic rings. The van der Waals surface area contributed by atoms with E-state index < -0.39 is 5.91 Å². The summed E-state index contributed by atoms with van der Waals surface area (Å²) in [6.07, 6.45) is 1.70. The molecule has 0 radical (unpaired) electrons. The van der Waals surface area contributed by atoms with E-state index in [2.05, 4.69) is 5.32 Å². The second-order valence-electron chi connectivity index (χ2n) is 7.23. The first-order chi connectivity index (χ1) is 16.9. The molecule has 35 heavy (non-hydrogen) atoms. The van der Waals surface area contributed by atoms with Crippen LogP contribution in [0.3, 0.4) is 0 Å². The second kappa shape index (κ2) is 10.6. The number of nitrogens with one attached hydrogen (secondary N) is 1. The van der Waals surface area contributed by atoms with Gasteiger partial charge in [-0.15, -0.1) is 11.3 Å². The highest BCUT2D eigenvalue weighted by molar-refractivity contribution is 7.07. The van der Waals surface area contributed by atoms with Gasteiger partial charge in [0.15, 0.2) is 5.57 Å². The van der Waals surface area contributed by atoms with Crippen molar-refractivity contribution < 1.29 is 9.53 Å². The maximum atomic E-state index is 13.5. The summed E-state index contributed by atoms with van der Waals surface area (Å²) in [6.45, 7) is 0. The van der Waals surface area contributed by atoms with Crippen molar-refractivity contribution >= 4 is 57.8 Å². The van der Waals surface area contributed by atoms with Crippen LogP contribution in [0.5, 0.6) is 5.75 Å². The summed E-state index contributed by atoms with van der Waals surface area (Å²) >= 11 is 13.2. The maximum Gasteiger partial charge on any atom is 0.273 e. The number of para-hydroxylation sites is 1. The molecule has 3 aromatic carbocycles. The van der Waals surface area contributed by atoms with E-state index in [0.29, 0.717) is 26.7 Å². The summed E-state index contributed by atoms with van der Waals surface area (Å²) in [6, 6.07) is 22.6. The van der Waals surface area contributed by atoms with Gasteiger partial charge in [0.1, 0.15) is 16.5 Å². The van der Waals surface area contributed by atoms with E-state index in [4.69, 9.17) is 27.9 Å². The number of hydrogen-bond donors (Lipinski definition) is 1. The van der Waals surface area contributed by atoms with Gasteiger partial charge in [-0.05, 0) is 54.1 Å². The summed E-state index contributed by atoms with van der Waals surface area (Å²) < 4.78 is 7.17. The quantitative estimate of drug-likeness (QED) is 0.423. The largest absolute Gasteiger partial charge is 0.497 e. The predicted molar refractivity (Wildman–Crippen MR) is 140 cm³/mol. The lowest BCUT2D eigenvalue weighted by Gasteiger charge is -2.07. The Kier molecular flexibility index (Phi) is 7.37. The van der Waals surface area contributed by atoms with Crippen molar-refractivity contribution in [1.82, 2.24) is 4.57 Å². The van der Waals surface area contributed by atoms with Crippen LogP contribution in [-0.4, -0.2) is 17.6 Å². The SMILES string of the molecule is COc1cccc(/C=c2/s/c(=C(\C#N)C(=O)Nc3ccc(Cl)cc3Cl)n(-c3ccccc3)c2=O)c1. The van der Waals surface area contributed by atoms with Gasteiger partial charge in [-0.1, -0.05) is 53.5 Å². The Morgan fingerprint density at radius 1 is 1.09 bits per heavy atom. The zero-order valence-corrected chi connectivity index (χ0v) is 20.6. The molecule has 0 fully saturated rings. The van der Waals surface area contributed by atoms with Crippen LogP contribution in [0.25, 0.3) is 17.3 Å². The van der Waals surface area contributed by atoms with Gasteiger partial charge in [0.25, 0.3) is 11.5 Å². The van der Waals surface area contributed by atoms with Crippen LogP contribution >= 0.6 is 34.5 Å². The van der Waals surface area contributed by atoms with Crippen molar-refractivity contribution in [3.8, 4) is 17.5 Å². The number of ether oxygens (including phenoxy) is 1. The molecule has 4 aromatic rings. The number of rotatable bonds is 5. The van der Waals surface area contributed by atoms with E-state index in [1.807, 2.05) is 24.3 Å². The fourth-order valence-electron chi connectivity index (χ4n) is 3.32. The van der Waals surface area contributed by atoms with Crippen molar-refractivity contribution in [3.05, 3.63) is 108 Å². The molecule has 1 heterocycles. The molecule has 174 valence electrons. The first kappa shape index (κ1) is 24.3. The summed E-state index contributed by atoms with van der Waals surface area (Å²) in [7, 11) is 1.56. The Morgan fingerprint density at radius 2 is 1.86 bits per heavy atom. The average Bonchev–Trinajstić information content (AvgIpc) is 3.17. The van der Waals surface area contributed by atoms with Gasteiger partial charge >= 0.3 is 0 Å². The van der Waals surface area contributed by atoms with Gasteiger partial charge in [-0.2, -0.15) is 5.26 Å². The van der Waals surface area contributed by atoms with Gasteiger partial charge in [0, 0.05) is 5.02 Å². The number of thiazole rings is 1. The lowest BCUT2D eigenvalue weighted by atomic mass is 10.2. The van der Waals surface area contributed by atoms with Crippen molar-refractivity contribution in [2.24, 2.45) is 0 Å². The van der Waals surface area contributed by atoms with Crippen LogP contribution in [0, 0.1) is 11.3 Å². The summed E-state index contributed by atoms with van der Waals surface area (Å²) in [5.74, 6) is -0.0574. The molecule has 0 unspecified atom stereocenters. The number of aromatic nitrogens is 1. The third-order valence-electron chi connectivity index (χ3n) is 4.96. The van der Waals surface area contributed by atoms with Crippen molar-refractivity contribution in [3.63, 3.8) is 0 Å². The number of methoxy groups -OCH3 is 1. The Bertz CT molecular complexity index is 1640. The van der Waals surface area contributed by atoms with Crippen molar-refractivity contribution in [1.29, 1.82) is 5.26 Å². The molecule has 0 atom stereocenters. The smallest absolute Gasteiger partial charge is 0.273 e. The molecule has 9 heteroatoms. The van der Waals surface area contributed by atoms with Crippen molar-refractivity contribution in [2.45, 2.75) is 0 Å². The highest BCUT2D eigenvalue weighted by Gasteiger charge is 2.18. The molecule has 4 rings (SSSR count). The van der Waals surface area contributed by atoms with E-state index in [9.17, 15) is 14.9 Å². The summed E-state index contributed by atoms with van der Waals surface area (Å²) in [4.78, 5) is 26.6. The number of amides is 1. The van der Waals surface area contributed by atoms with Crippen LogP contribution in [0.15, 0.2) is 77.6 Å². The predicted octanol–water partition coefficient (Wildman–Crippen LogP) is 4.36. The van der Waals surface area contributed by atoms with E-state index in [0.717, 1.165) is 16.9 Å². The van der Waals surface area contributed by atoms with Gasteiger partial charge in [-0.3, -0.25) is 14.2 Å². The molecule has 6 nitrogen and oxygen atoms in total. The topological polar surface area (TPSA) is 84.1 Å². The minimum absolute atomic E-state index is 0.195. The monoisotopic (exact) mass is 521 g/mol. The van der Waals surface area contributed by atoms with Crippen LogP contribution < -0.4 is 24.8 Å². The number of carbonyl (C=O) groups is 1. The van der Waals surface area contributed by atoms with E-state index >= 15 is 0 Å². The highest BCUT2D eigenvalue weighted by Crippen LogP contribution is 2.25. The average molecular weight is 522 g/mol. The molecule has 1 aromatic heterocycles. The number of halogens is 2. The molecule has 0 spiro atoms. The fourth-order valence-corrected chi connectivity index (χ4v) is 4.87. The van der Waals surface area contributed by atoms with E-state index in [1.165, 1.54) is 16.7 Å². The molecule has 0 aliphatic carbocycles. The number of nitriles is 1. The third-order valence-corrected chi connectivity index (χ3v) is 6.60. The number of carbonyl (C=O) groups excluding carboxylic acids is 1. The van der Waals surface area contributed by atoms with Crippen LogP contribution in [0.4, 0.5) is 5.69 Å². The second-order valence-corrected chi connectivity index (χ2v) is 9.11. The van der Waals surface area contributed by atoms with E-state index in [-0.39, 0.29) is 20.8 Å². The first-order valence-corrected chi connectivity index (χ1v) is 11.8. The molecule has 0 bridgehead atoms. The molecule has 0 aliphatic heterocycles. The number of hydrogen-bond acceptors (Lipinski definition) is 5. The lowest BCUT2D eigenvalue weighted by molar-refractivity contribution is -0.111. The summed E-state index contributed by atoms with van der Waals surface area (Å²) in [5.41, 5.74) is 0.975. The van der Waals surface area contributed by atoms with Gasteiger partial charge in [-0.25, -0.2) is 0 Å². The van der Waals surface area contributed by atoms with Crippen LogP contribution in [-0.2, 0) is 4.79 Å². The van der Waals surface area contributed by atoms with Crippen molar-refractivity contribution in [2.75, 3.05) is 12.4 Å². The highest BCUT2D eigenvalue weighted by atomic mass is 35.5. The normalized spacial score (nSPS) is 12.1. The van der Waals surface area contributed by atoms with E-state index in [1.54, 1.807) is 55.7 Å². The minimum Gasteiger partial charge on any atom is -0.497 e. The van der Waals surface area contributed by atoms with Gasteiger partial charge < -0.3 is 10.1 Å². The zero-order chi connectivity index (χ0) is 24.9. The summed E-state index contributed by atoms with van der Waals surface area (Å²) in [5, 5.41) is 13.2. The Balaban J connectivity index is 1.94. The standard InChI is InChI=1S/C26H17Cl2N3O3S/c1-34-19-9-5-6-16(12-19)13-23-25(33)31(18-7-3-2-4-8-18)26(35-23)20(15-29)24(32)30-22-11-10-17(27)14-21(22)28/h2-14H,1H3,(H,30,32)/b23-13+,26-20+. The zero-order valence-electron chi connectivity index (χ0n) is 18.3. The van der Waals surface area contributed by atoms with Gasteiger partial charge in [0.2, 0.25) is 0 Å². The first-order valence-electron chi connectivity index (χ1n) is 10.2. The molecular weight excluding hydrogens is 505 g/mol. The molecular formula is C26H17Cl2N3O3S. The van der Waals surface area contributed by atoms with Gasteiger partial charge in [0.05, 0.1) is 28.0 Å². The maximum absolute atomic E-state index is 13.5. The molecule has 0 saturated heterocycles. The Hall–Kier alpha value is -3.83. The fraction of sp³-hybridized carbons (Fsp3) is 0.0385. The molecule has 0 saturated carbocycles. The minimum atomic E-state index is -0.699. The number of nitrogens with zero attached hydrogens (tertiary/aromatic N) is 2. The molecule has 1 amide bonds. The van der Waals surface area contributed by atoms with Crippen LogP contribution in [0.2, 0.25) is 10.0 Å². The Labute approximate surface area is 214 Å². The lowest BCUT2D eigenvalue weighted by Crippen LogP contribution is -2.32. The third kappa shape index (κ3) is 5.31. The number of benzene rings is 3. The number of anilines is 1. The Morgan fingerprint density at radius 3 is 2.54 bits per heavy atom.